The van der Waals surface area contributed by atoms with Gasteiger partial charge in [-0.3, -0.25) is 14.5 Å². The van der Waals surface area contributed by atoms with Crippen LogP contribution in [0.15, 0.2) is 23.4 Å². The van der Waals surface area contributed by atoms with Crippen LogP contribution < -0.4 is 10.8 Å². The number of hydrogen-bond acceptors (Lipinski definition) is 6. The molecule has 0 bridgehead atoms. The molecule has 1 aromatic rings. The highest BCUT2D eigenvalue weighted by molar-refractivity contribution is 8.26. The maximum atomic E-state index is 12.4. The molecule has 0 spiro atoms. The molecule has 9 heteroatoms. The van der Waals surface area contributed by atoms with Crippen molar-refractivity contribution in [3.63, 3.8) is 0 Å². The van der Waals surface area contributed by atoms with Crippen molar-refractivity contribution in [3.8, 4) is 0 Å². The zero-order valence-electron chi connectivity index (χ0n) is 11.5. The van der Waals surface area contributed by atoms with Crippen LogP contribution in [0.2, 0.25) is 0 Å². The van der Waals surface area contributed by atoms with Crippen LogP contribution in [0, 0.1) is 0 Å². The third-order valence-corrected chi connectivity index (χ3v) is 4.28. The van der Waals surface area contributed by atoms with Crippen LogP contribution in [0.5, 0.6) is 0 Å². The summed E-state index contributed by atoms with van der Waals surface area (Å²) >= 11 is 6.02. The van der Waals surface area contributed by atoms with Crippen molar-refractivity contribution in [2.45, 2.75) is 12.5 Å². The van der Waals surface area contributed by atoms with Crippen LogP contribution in [0.25, 0.3) is 6.08 Å². The predicted octanol–water partition coefficient (Wildman–Crippen LogP) is -0.780. The largest absolute Gasteiger partial charge is 0.548 e. The Balaban J connectivity index is 2.29. The molecule has 0 aromatic carbocycles. The number of carbonyl (C=O) groups is 3. The fourth-order valence-electron chi connectivity index (χ4n) is 1.98. The molecule has 2 heterocycles. The Labute approximate surface area is 135 Å². The van der Waals surface area contributed by atoms with Crippen LogP contribution in [0.4, 0.5) is 0 Å². The first kappa shape index (κ1) is 16.2. The minimum absolute atomic E-state index is 0.0580. The second-order valence-electron chi connectivity index (χ2n) is 4.67. The number of aliphatic carboxylic acids is 1. The zero-order chi connectivity index (χ0) is 16.4. The Morgan fingerprint density at radius 3 is 2.73 bits per heavy atom. The highest BCUT2D eigenvalue weighted by atomic mass is 32.2. The number of rotatable bonds is 5. The first-order chi connectivity index (χ1) is 10.3. The van der Waals surface area contributed by atoms with Gasteiger partial charge in [0.25, 0.3) is 5.91 Å². The molecule has 2 N–H and O–H groups in total. The molecule has 2 amide bonds. The number of carboxylic acids is 1. The number of primary amides is 1. The highest BCUT2D eigenvalue weighted by Crippen LogP contribution is 2.34. The molecule has 1 aromatic heterocycles. The number of carbonyl (C=O) groups excluding carboxylic acids is 3. The normalized spacial score (nSPS) is 18.0. The van der Waals surface area contributed by atoms with Gasteiger partial charge >= 0.3 is 0 Å². The molecule has 22 heavy (non-hydrogen) atoms. The molecule has 1 saturated heterocycles. The molecule has 1 aliphatic rings. The zero-order valence-corrected chi connectivity index (χ0v) is 13.1. The predicted molar refractivity (Wildman–Crippen MR) is 83.0 cm³/mol. The first-order valence-corrected chi connectivity index (χ1v) is 7.40. The van der Waals surface area contributed by atoms with Crippen molar-refractivity contribution in [2.75, 3.05) is 0 Å². The summed E-state index contributed by atoms with van der Waals surface area (Å²) in [6.45, 7) is 0. The lowest BCUT2D eigenvalue weighted by Crippen LogP contribution is -2.51. The number of aryl methyl sites for hydroxylation is 1. The van der Waals surface area contributed by atoms with E-state index in [1.54, 1.807) is 18.3 Å². The van der Waals surface area contributed by atoms with Crippen molar-refractivity contribution < 1.29 is 19.5 Å². The summed E-state index contributed by atoms with van der Waals surface area (Å²) in [5, 5.41) is 11.2. The van der Waals surface area contributed by atoms with E-state index in [1.807, 2.05) is 17.8 Å². The molecule has 1 fully saturated rings. The van der Waals surface area contributed by atoms with Crippen molar-refractivity contribution in [1.29, 1.82) is 0 Å². The maximum absolute atomic E-state index is 12.4. The van der Waals surface area contributed by atoms with Gasteiger partial charge < -0.3 is 20.2 Å². The Morgan fingerprint density at radius 1 is 1.55 bits per heavy atom. The molecule has 1 atom stereocenters. The lowest BCUT2D eigenvalue weighted by molar-refractivity contribution is -0.310. The number of amides is 2. The summed E-state index contributed by atoms with van der Waals surface area (Å²) < 4.78 is 1.87. The van der Waals surface area contributed by atoms with Gasteiger partial charge in [0.1, 0.15) is 4.32 Å². The molecule has 2 rings (SSSR count). The molecule has 0 radical (unpaired) electrons. The number of thioether (sulfide) groups is 1. The third-order valence-electron chi connectivity index (χ3n) is 2.95. The quantitative estimate of drug-likeness (QED) is 0.557. The van der Waals surface area contributed by atoms with E-state index in [-0.39, 0.29) is 9.23 Å². The number of nitrogens with two attached hydrogens (primary N) is 1. The van der Waals surface area contributed by atoms with Gasteiger partial charge in [0.05, 0.1) is 23.3 Å². The fourth-order valence-corrected chi connectivity index (χ4v) is 3.34. The van der Waals surface area contributed by atoms with E-state index in [0.29, 0.717) is 0 Å². The van der Waals surface area contributed by atoms with Crippen molar-refractivity contribution in [1.82, 2.24) is 9.47 Å². The van der Waals surface area contributed by atoms with Crippen molar-refractivity contribution in [2.24, 2.45) is 12.8 Å². The first-order valence-electron chi connectivity index (χ1n) is 6.18. The summed E-state index contributed by atoms with van der Waals surface area (Å²) in [5.41, 5.74) is 5.80. The maximum Gasteiger partial charge on any atom is 0.266 e. The van der Waals surface area contributed by atoms with E-state index < -0.39 is 30.2 Å². The third kappa shape index (κ3) is 3.37. The van der Waals surface area contributed by atoms with E-state index in [4.69, 9.17) is 18.0 Å². The topological polar surface area (TPSA) is 108 Å². The van der Waals surface area contributed by atoms with Gasteiger partial charge in [-0.2, -0.15) is 0 Å². The average Bonchev–Trinajstić information content (AvgIpc) is 2.92. The number of thiocarbonyl (C=S) groups is 1. The Kier molecular flexibility index (Phi) is 4.67. The van der Waals surface area contributed by atoms with Gasteiger partial charge in [-0.15, -0.1) is 0 Å². The lowest BCUT2D eigenvalue weighted by Gasteiger charge is -2.26. The van der Waals surface area contributed by atoms with Crippen LogP contribution >= 0.6 is 24.0 Å². The Bertz CT molecular complexity index is 695. The van der Waals surface area contributed by atoms with Gasteiger partial charge in [-0.1, -0.05) is 24.0 Å². The second kappa shape index (κ2) is 6.32. The fraction of sp³-hybridized carbons (Fsp3) is 0.231. The summed E-state index contributed by atoms with van der Waals surface area (Å²) in [6.07, 6.45) is 4.67. The lowest BCUT2D eigenvalue weighted by atomic mass is 10.1. The van der Waals surface area contributed by atoms with Crippen LogP contribution in [-0.4, -0.2) is 37.6 Å². The van der Waals surface area contributed by atoms with E-state index >= 15 is 0 Å². The van der Waals surface area contributed by atoms with Crippen molar-refractivity contribution >= 4 is 52.2 Å². The highest BCUT2D eigenvalue weighted by Gasteiger charge is 2.38. The Hall–Kier alpha value is -2.13. The number of aromatic nitrogens is 1. The Morgan fingerprint density at radius 2 is 2.23 bits per heavy atom. The van der Waals surface area contributed by atoms with Gasteiger partial charge in [0.15, 0.2) is 0 Å². The minimum Gasteiger partial charge on any atom is -0.548 e. The minimum atomic E-state index is -1.57. The van der Waals surface area contributed by atoms with Gasteiger partial charge in [0.2, 0.25) is 5.91 Å². The smallest absolute Gasteiger partial charge is 0.266 e. The van der Waals surface area contributed by atoms with Crippen LogP contribution in [0.1, 0.15) is 12.0 Å². The average molecular weight is 338 g/mol. The number of carboxylic acid groups (broad SMARTS) is 1. The monoisotopic (exact) mass is 338 g/mol. The molecule has 0 unspecified atom stereocenters. The molecular formula is C13H12N3O4S2-. The summed E-state index contributed by atoms with van der Waals surface area (Å²) in [7, 11) is 1.83. The van der Waals surface area contributed by atoms with Gasteiger partial charge in [-0.05, 0) is 17.7 Å². The number of nitrogens with zero attached hydrogens (tertiary/aromatic N) is 2. The summed E-state index contributed by atoms with van der Waals surface area (Å²) in [6, 6.07) is 0.304. The SMILES string of the molecule is Cn1ccc(/C=C2/SC(=S)N([C@@H](CC(N)=O)C(=O)[O-])C2=O)c1. The molecule has 1 aliphatic heterocycles. The number of hydrogen-bond donors (Lipinski definition) is 1. The standard InChI is InChI=1S/C13H13N3O4S2/c1-15-3-2-7(6-15)4-9-11(18)16(13(21)22-9)8(12(19)20)5-10(14)17/h2-4,6,8H,5H2,1H3,(H2,14,17)(H,19,20)/p-1/b9-4+/t8-/m0/s1. The second-order valence-corrected chi connectivity index (χ2v) is 6.34. The summed E-state index contributed by atoms with van der Waals surface area (Å²) in [5.74, 6) is -3.00. The van der Waals surface area contributed by atoms with E-state index in [1.165, 1.54) is 0 Å². The van der Waals surface area contributed by atoms with Gasteiger partial charge in [-0.25, -0.2) is 0 Å². The van der Waals surface area contributed by atoms with E-state index in [2.05, 4.69) is 0 Å². The summed E-state index contributed by atoms with van der Waals surface area (Å²) in [4.78, 5) is 35.7. The van der Waals surface area contributed by atoms with E-state index in [0.717, 1.165) is 22.2 Å². The van der Waals surface area contributed by atoms with Gasteiger partial charge in [0, 0.05) is 19.4 Å². The van der Waals surface area contributed by atoms with Crippen LogP contribution in [-0.2, 0) is 21.4 Å². The molecular weight excluding hydrogens is 326 g/mol. The molecule has 116 valence electrons. The van der Waals surface area contributed by atoms with Crippen LogP contribution in [0.3, 0.4) is 0 Å². The molecule has 0 saturated carbocycles. The van der Waals surface area contributed by atoms with E-state index in [9.17, 15) is 19.5 Å². The molecule has 7 nitrogen and oxygen atoms in total. The molecule has 0 aliphatic carbocycles. The van der Waals surface area contributed by atoms with Crippen molar-refractivity contribution in [3.05, 3.63) is 28.9 Å².